The van der Waals surface area contributed by atoms with Crippen LogP contribution in [0.5, 0.6) is 0 Å². The summed E-state index contributed by atoms with van der Waals surface area (Å²) >= 11 is 1.35. The first-order valence-electron chi connectivity index (χ1n) is 11.3. The number of amides is 2. The number of carbonyl (C=O) groups excluding carboxylic acids is 2. The Kier molecular flexibility index (Phi) is 6.11. The number of nitrogens with zero attached hydrogens (tertiary/aromatic N) is 3. The molecule has 33 heavy (non-hydrogen) atoms. The summed E-state index contributed by atoms with van der Waals surface area (Å²) in [4.78, 5) is 33.9. The molecule has 0 spiro atoms. The molecular formula is C25H27N5O2S. The molecule has 0 aliphatic carbocycles. The van der Waals surface area contributed by atoms with Crippen LogP contribution in [-0.4, -0.2) is 45.7 Å². The van der Waals surface area contributed by atoms with Gasteiger partial charge in [0.25, 0.3) is 5.91 Å². The lowest BCUT2D eigenvalue weighted by atomic mass is 10.1. The number of likely N-dealkylation sites (tertiary alicyclic amines) is 1. The van der Waals surface area contributed by atoms with Gasteiger partial charge >= 0.3 is 0 Å². The third kappa shape index (κ3) is 4.77. The number of hydrogen-bond acceptors (Lipinski definition) is 6. The normalized spacial score (nSPS) is 16.6. The summed E-state index contributed by atoms with van der Waals surface area (Å²) in [6.45, 7) is 5.47. The molecule has 0 bridgehead atoms. The largest absolute Gasteiger partial charge is 0.355 e. The molecule has 1 aromatic heterocycles. The number of benzene rings is 2. The summed E-state index contributed by atoms with van der Waals surface area (Å²) in [5, 5.41) is 8.56. The number of thiazole rings is 1. The molecule has 5 rings (SSSR count). The van der Waals surface area contributed by atoms with Crippen LogP contribution in [0.2, 0.25) is 0 Å². The predicted octanol–water partition coefficient (Wildman–Crippen LogP) is 4.47. The summed E-state index contributed by atoms with van der Waals surface area (Å²) in [6, 6.07) is 13.7. The number of anilines is 3. The van der Waals surface area contributed by atoms with Crippen LogP contribution in [0.3, 0.4) is 0 Å². The fraction of sp³-hybridized carbons (Fsp3) is 0.320. The molecular weight excluding hydrogens is 434 g/mol. The molecule has 170 valence electrons. The highest BCUT2D eigenvalue weighted by atomic mass is 32.1. The van der Waals surface area contributed by atoms with Gasteiger partial charge < -0.3 is 15.5 Å². The molecule has 2 aliphatic rings. The molecule has 0 radical (unpaired) electrons. The van der Waals surface area contributed by atoms with Crippen molar-refractivity contribution in [3.8, 4) is 0 Å². The Hall–Kier alpha value is -3.23. The number of aromatic nitrogens is 1. The number of rotatable bonds is 7. The van der Waals surface area contributed by atoms with Gasteiger partial charge in [0, 0.05) is 41.6 Å². The van der Waals surface area contributed by atoms with Gasteiger partial charge in [-0.25, -0.2) is 4.98 Å². The predicted molar refractivity (Wildman–Crippen MR) is 131 cm³/mol. The van der Waals surface area contributed by atoms with Gasteiger partial charge in [-0.2, -0.15) is 0 Å². The zero-order valence-electron chi connectivity index (χ0n) is 18.6. The third-order valence-corrected chi connectivity index (χ3v) is 6.96. The second-order valence-electron chi connectivity index (χ2n) is 8.62. The lowest BCUT2D eigenvalue weighted by Gasteiger charge is -2.22. The summed E-state index contributed by atoms with van der Waals surface area (Å²) < 4.78 is 0. The highest BCUT2D eigenvalue weighted by Crippen LogP contribution is 2.29. The van der Waals surface area contributed by atoms with E-state index in [4.69, 9.17) is 0 Å². The van der Waals surface area contributed by atoms with Crippen molar-refractivity contribution in [3.63, 3.8) is 0 Å². The summed E-state index contributed by atoms with van der Waals surface area (Å²) in [7, 11) is 0. The first-order chi connectivity index (χ1) is 16.1. The molecule has 0 saturated carbocycles. The van der Waals surface area contributed by atoms with Gasteiger partial charge in [0.05, 0.1) is 0 Å². The van der Waals surface area contributed by atoms with E-state index in [2.05, 4.69) is 38.7 Å². The highest BCUT2D eigenvalue weighted by Gasteiger charge is 2.34. The topological polar surface area (TPSA) is 77.6 Å². The van der Waals surface area contributed by atoms with Crippen LogP contribution in [0.1, 0.15) is 41.3 Å². The minimum Gasteiger partial charge on any atom is -0.355 e. The Morgan fingerprint density at radius 3 is 2.76 bits per heavy atom. The Labute approximate surface area is 197 Å². The quantitative estimate of drug-likeness (QED) is 0.543. The first-order valence-corrected chi connectivity index (χ1v) is 12.2. The third-order valence-electron chi connectivity index (χ3n) is 6.27. The van der Waals surface area contributed by atoms with Crippen LogP contribution in [0.25, 0.3) is 0 Å². The van der Waals surface area contributed by atoms with Crippen molar-refractivity contribution >= 4 is 39.7 Å². The molecule has 8 heteroatoms. The van der Waals surface area contributed by atoms with Crippen molar-refractivity contribution in [2.75, 3.05) is 23.7 Å². The molecule has 1 fully saturated rings. The average molecular weight is 462 g/mol. The van der Waals surface area contributed by atoms with Gasteiger partial charge in [0.1, 0.15) is 6.04 Å². The number of fused-ring (bicyclic) bond motifs is 1. The van der Waals surface area contributed by atoms with Gasteiger partial charge in [-0.3, -0.25) is 14.5 Å². The van der Waals surface area contributed by atoms with E-state index >= 15 is 0 Å². The van der Waals surface area contributed by atoms with Crippen LogP contribution >= 0.6 is 11.3 Å². The molecule has 1 atom stereocenters. The van der Waals surface area contributed by atoms with Crippen molar-refractivity contribution in [2.24, 2.45) is 0 Å². The van der Waals surface area contributed by atoms with Crippen molar-refractivity contribution < 1.29 is 9.59 Å². The van der Waals surface area contributed by atoms with Gasteiger partial charge in [0.15, 0.2) is 5.13 Å². The van der Waals surface area contributed by atoms with Crippen molar-refractivity contribution in [1.29, 1.82) is 0 Å². The molecule has 2 amide bonds. The van der Waals surface area contributed by atoms with Crippen LogP contribution in [0, 0.1) is 0 Å². The maximum atomic E-state index is 13.1. The smallest absolute Gasteiger partial charge is 0.255 e. The first kappa shape index (κ1) is 21.6. The van der Waals surface area contributed by atoms with E-state index in [1.54, 1.807) is 23.4 Å². The zero-order valence-corrected chi connectivity index (χ0v) is 19.4. The number of carbonyl (C=O) groups is 2. The van der Waals surface area contributed by atoms with Gasteiger partial charge in [-0.05, 0) is 68.2 Å². The minimum atomic E-state index is -0.590. The Balaban J connectivity index is 1.26. The molecule has 2 aromatic carbocycles. The maximum absolute atomic E-state index is 13.1. The average Bonchev–Trinajstić information content (AvgIpc) is 3.57. The molecule has 2 N–H and O–H groups in total. The van der Waals surface area contributed by atoms with Crippen molar-refractivity contribution in [2.45, 2.75) is 38.9 Å². The Morgan fingerprint density at radius 2 is 1.97 bits per heavy atom. The zero-order chi connectivity index (χ0) is 22.8. The van der Waals surface area contributed by atoms with Crippen LogP contribution in [-0.2, 0) is 17.9 Å². The summed E-state index contributed by atoms with van der Waals surface area (Å²) in [6.07, 6.45) is 4.20. The molecule has 3 aromatic rings. The van der Waals surface area contributed by atoms with E-state index in [1.807, 2.05) is 24.3 Å². The molecule has 3 heterocycles. The second-order valence-corrected chi connectivity index (χ2v) is 9.51. The Bertz CT molecular complexity index is 1160. The fourth-order valence-electron chi connectivity index (χ4n) is 4.46. The lowest BCUT2D eigenvalue weighted by Crippen LogP contribution is -2.42. The van der Waals surface area contributed by atoms with Gasteiger partial charge in [-0.1, -0.05) is 18.2 Å². The number of hydrogen-bond donors (Lipinski definition) is 2. The van der Waals surface area contributed by atoms with E-state index in [9.17, 15) is 9.59 Å². The standard InChI is InChI=1S/C25H27N5O2S/c1-17(23(31)28-25-26-9-12-33-25)30-16-19-7-8-21(14-22(19)24(30)32)27-20-6-4-5-18(13-20)15-29-10-2-3-11-29/h4-9,12-14,17,27H,2-3,10-11,15-16H2,1H3,(H,26,28,31)/t17-/m1/s1. The highest BCUT2D eigenvalue weighted by molar-refractivity contribution is 7.13. The monoisotopic (exact) mass is 461 g/mol. The fourth-order valence-corrected chi connectivity index (χ4v) is 5.00. The van der Waals surface area contributed by atoms with Gasteiger partial charge in [0.2, 0.25) is 5.91 Å². The molecule has 2 aliphatic heterocycles. The number of nitrogens with one attached hydrogen (secondary N) is 2. The summed E-state index contributed by atoms with van der Waals surface area (Å²) in [5.41, 5.74) is 4.72. The molecule has 7 nitrogen and oxygen atoms in total. The minimum absolute atomic E-state index is 0.127. The van der Waals surface area contributed by atoms with E-state index < -0.39 is 6.04 Å². The van der Waals surface area contributed by atoms with E-state index in [0.29, 0.717) is 17.2 Å². The maximum Gasteiger partial charge on any atom is 0.255 e. The second kappa shape index (κ2) is 9.33. The van der Waals surface area contributed by atoms with Gasteiger partial charge in [-0.15, -0.1) is 11.3 Å². The SMILES string of the molecule is C[C@H](C(=O)Nc1nccs1)N1Cc2ccc(Nc3cccc(CN4CCCC4)c3)cc2C1=O. The van der Waals surface area contributed by atoms with E-state index in [0.717, 1.165) is 23.5 Å². The van der Waals surface area contributed by atoms with E-state index in [-0.39, 0.29) is 11.8 Å². The lowest BCUT2D eigenvalue weighted by molar-refractivity contribution is -0.120. The van der Waals surface area contributed by atoms with Crippen molar-refractivity contribution in [3.05, 3.63) is 70.7 Å². The molecule has 0 unspecified atom stereocenters. The van der Waals surface area contributed by atoms with Crippen LogP contribution in [0.4, 0.5) is 16.5 Å². The Morgan fingerprint density at radius 1 is 1.15 bits per heavy atom. The van der Waals surface area contributed by atoms with Crippen LogP contribution < -0.4 is 10.6 Å². The van der Waals surface area contributed by atoms with Crippen LogP contribution in [0.15, 0.2) is 54.0 Å². The van der Waals surface area contributed by atoms with Crippen molar-refractivity contribution in [1.82, 2.24) is 14.8 Å². The summed E-state index contributed by atoms with van der Waals surface area (Å²) in [5.74, 6) is -0.363. The van der Waals surface area contributed by atoms with E-state index in [1.165, 1.54) is 42.8 Å². The molecule has 1 saturated heterocycles.